The topological polar surface area (TPSA) is 102 Å². The van der Waals surface area contributed by atoms with Gasteiger partial charge in [0.05, 0.1) is 12.2 Å². The summed E-state index contributed by atoms with van der Waals surface area (Å²) in [5.74, 6) is 4.74. The number of aromatic nitrogens is 2. The molecule has 0 spiro atoms. The molecule has 2 heterocycles. The van der Waals surface area contributed by atoms with E-state index in [0.717, 1.165) is 32.7 Å². The third-order valence-electron chi connectivity index (χ3n) is 5.69. The standard InChI is InChI=1S/C26H27N5O2S/c1-17(29-26(33)23-7-4-3-6-18(23)9-10-25(32)30-27)19-12-20(22-15-28-31(2)16-22)14-21(13-19)24-8-5-11-34-24/h3-8,11-17H,9-10,27H2,1-2H3,(H,29,33)(H,30,32). The van der Waals surface area contributed by atoms with Gasteiger partial charge >= 0.3 is 0 Å². The van der Waals surface area contributed by atoms with E-state index in [9.17, 15) is 9.59 Å². The van der Waals surface area contributed by atoms with Gasteiger partial charge in [0.25, 0.3) is 5.91 Å². The number of hydrogen-bond donors (Lipinski definition) is 3. The summed E-state index contributed by atoms with van der Waals surface area (Å²) in [6, 6.07) is 17.6. The number of hydrazine groups is 1. The van der Waals surface area contributed by atoms with Crippen molar-refractivity contribution in [3.63, 3.8) is 0 Å². The fraction of sp³-hybridized carbons (Fsp3) is 0.192. The van der Waals surface area contributed by atoms with Gasteiger partial charge in [0, 0.05) is 35.7 Å². The third-order valence-corrected chi connectivity index (χ3v) is 6.61. The highest BCUT2D eigenvalue weighted by molar-refractivity contribution is 7.13. The normalized spacial score (nSPS) is 11.7. The van der Waals surface area contributed by atoms with Crippen molar-refractivity contribution in [3.8, 4) is 21.6 Å². The molecule has 1 atom stereocenters. The number of nitrogens with one attached hydrogen (secondary N) is 2. The van der Waals surface area contributed by atoms with Crippen LogP contribution >= 0.6 is 11.3 Å². The number of nitrogens with two attached hydrogens (primary N) is 1. The van der Waals surface area contributed by atoms with E-state index in [1.54, 1.807) is 22.1 Å². The number of carbonyl (C=O) groups excluding carboxylic acids is 2. The number of carbonyl (C=O) groups is 2. The monoisotopic (exact) mass is 473 g/mol. The number of benzene rings is 2. The van der Waals surface area contributed by atoms with Crippen LogP contribution < -0.4 is 16.6 Å². The highest BCUT2D eigenvalue weighted by Gasteiger charge is 2.17. The Labute approximate surface area is 202 Å². The summed E-state index contributed by atoms with van der Waals surface area (Å²) >= 11 is 1.68. The molecule has 34 heavy (non-hydrogen) atoms. The van der Waals surface area contributed by atoms with Gasteiger partial charge in [-0.2, -0.15) is 5.10 Å². The first-order valence-electron chi connectivity index (χ1n) is 11.0. The summed E-state index contributed by atoms with van der Waals surface area (Å²) in [6.45, 7) is 1.98. The van der Waals surface area contributed by atoms with E-state index in [1.807, 2.05) is 50.6 Å². The first-order chi connectivity index (χ1) is 16.4. The zero-order valence-corrected chi connectivity index (χ0v) is 19.9. The quantitative estimate of drug-likeness (QED) is 0.202. The maximum absolute atomic E-state index is 13.2. The Morgan fingerprint density at radius 1 is 1.09 bits per heavy atom. The summed E-state index contributed by atoms with van der Waals surface area (Å²) < 4.78 is 1.78. The molecule has 0 saturated carbocycles. The summed E-state index contributed by atoms with van der Waals surface area (Å²) in [7, 11) is 1.89. The molecule has 0 aliphatic rings. The molecule has 174 valence electrons. The molecule has 8 heteroatoms. The summed E-state index contributed by atoms with van der Waals surface area (Å²) in [4.78, 5) is 25.9. The maximum Gasteiger partial charge on any atom is 0.252 e. The fourth-order valence-electron chi connectivity index (χ4n) is 3.86. The van der Waals surface area contributed by atoms with Gasteiger partial charge in [-0.25, -0.2) is 5.84 Å². The second-order valence-corrected chi connectivity index (χ2v) is 9.09. The molecule has 1 unspecified atom stereocenters. The van der Waals surface area contributed by atoms with Crippen LogP contribution in [0.3, 0.4) is 0 Å². The average molecular weight is 474 g/mol. The lowest BCUT2D eigenvalue weighted by Crippen LogP contribution is -2.30. The van der Waals surface area contributed by atoms with Crippen LogP contribution in [0.4, 0.5) is 0 Å². The average Bonchev–Trinajstić information content (AvgIpc) is 3.54. The summed E-state index contributed by atoms with van der Waals surface area (Å²) in [5, 5.41) is 9.49. The van der Waals surface area contributed by atoms with E-state index < -0.39 is 0 Å². The first kappa shape index (κ1) is 23.4. The number of rotatable bonds is 8. The van der Waals surface area contributed by atoms with Crippen LogP contribution in [0.5, 0.6) is 0 Å². The van der Waals surface area contributed by atoms with Crippen LogP contribution in [0.25, 0.3) is 21.6 Å². The second kappa shape index (κ2) is 10.5. The predicted octanol–water partition coefficient (Wildman–Crippen LogP) is 4.23. The van der Waals surface area contributed by atoms with Crippen molar-refractivity contribution in [3.05, 3.63) is 89.1 Å². The fourth-order valence-corrected chi connectivity index (χ4v) is 4.58. The number of aryl methyl sites for hydroxylation is 2. The van der Waals surface area contributed by atoms with E-state index in [2.05, 4.69) is 45.5 Å². The molecule has 0 fully saturated rings. The molecule has 4 aromatic rings. The van der Waals surface area contributed by atoms with E-state index in [0.29, 0.717) is 12.0 Å². The summed E-state index contributed by atoms with van der Waals surface area (Å²) in [6.07, 6.45) is 4.47. The molecule has 4 N–H and O–H groups in total. The van der Waals surface area contributed by atoms with Crippen LogP contribution in [0.2, 0.25) is 0 Å². The van der Waals surface area contributed by atoms with Crippen LogP contribution in [-0.2, 0) is 18.3 Å². The van der Waals surface area contributed by atoms with Crippen molar-refractivity contribution < 1.29 is 9.59 Å². The van der Waals surface area contributed by atoms with Crippen LogP contribution in [-0.4, -0.2) is 21.6 Å². The van der Waals surface area contributed by atoms with Gasteiger partial charge in [-0.15, -0.1) is 11.3 Å². The molecule has 0 aliphatic heterocycles. The van der Waals surface area contributed by atoms with Gasteiger partial charge in [-0.1, -0.05) is 24.3 Å². The molecule has 0 radical (unpaired) electrons. The van der Waals surface area contributed by atoms with Crippen LogP contribution in [0.15, 0.2) is 72.4 Å². The van der Waals surface area contributed by atoms with Crippen LogP contribution in [0.1, 0.15) is 40.9 Å². The van der Waals surface area contributed by atoms with E-state index in [4.69, 9.17) is 5.84 Å². The number of hydrogen-bond acceptors (Lipinski definition) is 5. The molecule has 2 aromatic carbocycles. The molecule has 0 saturated heterocycles. The molecule has 4 rings (SSSR count). The Balaban J connectivity index is 1.61. The molecule has 0 aliphatic carbocycles. The van der Waals surface area contributed by atoms with Gasteiger partial charge < -0.3 is 5.32 Å². The largest absolute Gasteiger partial charge is 0.346 e. The van der Waals surface area contributed by atoms with Crippen molar-refractivity contribution in [2.75, 3.05) is 0 Å². The molecule has 0 bridgehead atoms. The predicted molar refractivity (Wildman–Crippen MR) is 135 cm³/mol. The number of thiophene rings is 1. The van der Waals surface area contributed by atoms with E-state index >= 15 is 0 Å². The van der Waals surface area contributed by atoms with Gasteiger partial charge in [0.1, 0.15) is 0 Å². The van der Waals surface area contributed by atoms with Crippen molar-refractivity contribution in [1.82, 2.24) is 20.5 Å². The van der Waals surface area contributed by atoms with Gasteiger partial charge in [-0.05, 0) is 71.3 Å². The van der Waals surface area contributed by atoms with Crippen molar-refractivity contribution in [2.45, 2.75) is 25.8 Å². The van der Waals surface area contributed by atoms with Crippen molar-refractivity contribution in [1.29, 1.82) is 0 Å². The highest BCUT2D eigenvalue weighted by Crippen LogP contribution is 2.32. The molecule has 2 aromatic heterocycles. The minimum absolute atomic E-state index is 0.180. The van der Waals surface area contributed by atoms with Gasteiger partial charge in [0.15, 0.2) is 0 Å². The van der Waals surface area contributed by atoms with E-state index in [-0.39, 0.29) is 24.3 Å². The second-order valence-electron chi connectivity index (χ2n) is 8.14. The number of nitrogens with zero attached hydrogens (tertiary/aromatic N) is 2. The van der Waals surface area contributed by atoms with Crippen LogP contribution in [0, 0.1) is 0 Å². The Kier molecular flexibility index (Phi) is 7.20. The minimum atomic E-state index is -0.267. The van der Waals surface area contributed by atoms with Crippen molar-refractivity contribution >= 4 is 23.2 Å². The lowest BCUT2D eigenvalue weighted by Gasteiger charge is -2.18. The molecular formula is C26H27N5O2S. The molecule has 2 amide bonds. The Bertz CT molecular complexity index is 1300. The molecular weight excluding hydrogens is 446 g/mol. The summed E-state index contributed by atoms with van der Waals surface area (Å²) in [5.41, 5.74) is 7.65. The third kappa shape index (κ3) is 5.41. The molecule has 7 nitrogen and oxygen atoms in total. The Hall–Kier alpha value is -3.75. The maximum atomic E-state index is 13.2. The Morgan fingerprint density at radius 3 is 2.59 bits per heavy atom. The van der Waals surface area contributed by atoms with E-state index in [1.165, 1.54) is 0 Å². The SMILES string of the molecule is CC(NC(=O)c1ccccc1CCC(=O)NN)c1cc(-c2cnn(C)c2)cc(-c2cccs2)c1. The smallest absolute Gasteiger partial charge is 0.252 e. The van der Waals surface area contributed by atoms with Crippen molar-refractivity contribution in [2.24, 2.45) is 12.9 Å². The highest BCUT2D eigenvalue weighted by atomic mass is 32.1. The minimum Gasteiger partial charge on any atom is -0.346 e. The number of amides is 2. The Morgan fingerprint density at radius 2 is 1.88 bits per heavy atom. The zero-order valence-electron chi connectivity index (χ0n) is 19.1. The van der Waals surface area contributed by atoms with Gasteiger partial charge in [-0.3, -0.25) is 19.7 Å². The zero-order chi connectivity index (χ0) is 24.1. The van der Waals surface area contributed by atoms with Gasteiger partial charge in [0.2, 0.25) is 5.91 Å². The lowest BCUT2D eigenvalue weighted by molar-refractivity contribution is -0.121. The first-order valence-corrected chi connectivity index (χ1v) is 11.9. The lowest BCUT2D eigenvalue weighted by atomic mass is 9.97.